The van der Waals surface area contributed by atoms with Crippen LogP contribution in [0.25, 0.3) is 0 Å². The highest BCUT2D eigenvalue weighted by atomic mass is 32.1. The minimum atomic E-state index is -0.503. The topological polar surface area (TPSA) is 55.8 Å². The van der Waals surface area contributed by atoms with Crippen LogP contribution < -0.4 is 0 Å². The van der Waals surface area contributed by atoms with Crippen LogP contribution in [0.15, 0.2) is 70.7 Å². The van der Waals surface area contributed by atoms with E-state index in [1.165, 1.54) is 11.3 Å². The standard InChI is InChI=1S/C22H23NO4S/c1-3-26-21(24)18-13-23(12-16-8-6-5-7-9-16)14-19(22(25)27-4-2)20(18)17-10-11-28-15-17/h5-11,13-15,20H,3-4,12H2,1-2H3. The molecule has 6 heteroatoms. The molecule has 0 unspecified atom stereocenters. The van der Waals surface area contributed by atoms with Crippen molar-refractivity contribution in [2.75, 3.05) is 13.2 Å². The van der Waals surface area contributed by atoms with E-state index in [2.05, 4.69) is 0 Å². The number of hydrogen-bond donors (Lipinski definition) is 0. The maximum atomic E-state index is 12.7. The summed E-state index contributed by atoms with van der Waals surface area (Å²) in [6.07, 6.45) is 3.55. The molecule has 1 aliphatic heterocycles. The molecule has 0 bridgehead atoms. The van der Waals surface area contributed by atoms with Crippen LogP contribution in [-0.2, 0) is 25.6 Å². The largest absolute Gasteiger partial charge is 0.463 e. The quantitative estimate of drug-likeness (QED) is 0.654. The SMILES string of the molecule is CCOC(=O)C1=CN(Cc2ccccc2)C=C(C(=O)OCC)C1c1ccsc1. The lowest BCUT2D eigenvalue weighted by Gasteiger charge is -2.30. The van der Waals surface area contributed by atoms with Gasteiger partial charge in [0.1, 0.15) is 0 Å². The summed E-state index contributed by atoms with van der Waals surface area (Å²) in [5, 5.41) is 3.87. The van der Waals surface area contributed by atoms with Gasteiger partial charge in [-0.25, -0.2) is 9.59 Å². The van der Waals surface area contributed by atoms with Gasteiger partial charge in [-0.1, -0.05) is 30.3 Å². The second-order valence-corrected chi connectivity index (χ2v) is 7.04. The molecule has 0 aliphatic carbocycles. The van der Waals surface area contributed by atoms with Gasteiger partial charge < -0.3 is 14.4 Å². The Morgan fingerprint density at radius 3 is 2.07 bits per heavy atom. The summed E-state index contributed by atoms with van der Waals surface area (Å²) in [7, 11) is 0. The van der Waals surface area contributed by atoms with Crippen LogP contribution in [0, 0.1) is 0 Å². The fraction of sp³-hybridized carbons (Fsp3) is 0.273. The van der Waals surface area contributed by atoms with Crippen molar-refractivity contribution in [2.45, 2.75) is 26.3 Å². The monoisotopic (exact) mass is 397 g/mol. The maximum absolute atomic E-state index is 12.7. The molecule has 0 saturated carbocycles. The van der Waals surface area contributed by atoms with Crippen molar-refractivity contribution < 1.29 is 19.1 Å². The minimum Gasteiger partial charge on any atom is -0.463 e. The van der Waals surface area contributed by atoms with Crippen molar-refractivity contribution in [1.82, 2.24) is 4.90 Å². The Morgan fingerprint density at radius 2 is 1.57 bits per heavy atom. The Hall–Kier alpha value is -2.86. The van der Waals surface area contributed by atoms with E-state index >= 15 is 0 Å². The van der Waals surface area contributed by atoms with Crippen molar-refractivity contribution in [1.29, 1.82) is 0 Å². The average molecular weight is 397 g/mol. The Kier molecular flexibility index (Phi) is 6.66. The third kappa shape index (κ3) is 4.51. The van der Waals surface area contributed by atoms with E-state index in [-0.39, 0.29) is 13.2 Å². The summed E-state index contributed by atoms with van der Waals surface area (Å²) in [6, 6.07) is 11.8. The van der Waals surface area contributed by atoms with Crippen LogP contribution in [0.1, 0.15) is 30.9 Å². The molecule has 5 nitrogen and oxygen atoms in total. The molecule has 0 amide bonds. The van der Waals surface area contributed by atoms with E-state index in [1.807, 2.05) is 52.1 Å². The second-order valence-electron chi connectivity index (χ2n) is 6.26. The van der Waals surface area contributed by atoms with Gasteiger partial charge in [0.2, 0.25) is 0 Å². The Labute approximate surface area is 168 Å². The Bertz CT molecular complexity index is 835. The molecular weight excluding hydrogens is 374 g/mol. The van der Waals surface area contributed by atoms with Gasteiger partial charge >= 0.3 is 11.9 Å². The summed E-state index contributed by atoms with van der Waals surface area (Å²) >= 11 is 1.52. The number of nitrogens with zero attached hydrogens (tertiary/aromatic N) is 1. The second kappa shape index (κ2) is 9.37. The first-order valence-electron chi connectivity index (χ1n) is 9.23. The first kappa shape index (κ1) is 19.9. The van der Waals surface area contributed by atoms with Gasteiger partial charge in [0.05, 0.1) is 30.3 Å². The molecule has 0 N–H and O–H groups in total. The number of ether oxygens (including phenoxy) is 2. The minimum absolute atomic E-state index is 0.268. The number of rotatable bonds is 7. The van der Waals surface area contributed by atoms with E-state index in [0.717, 1.165) is 11.1 Å². The lowest BCUT2D eigenvalue weighted by Crippen LogP contribution is -2.29. The maximum Gasteiger partial charge on any atom is 0.336 e. The number of thiophene rings is 1. The van der Waals surface area contributed by atoms with Crippen molar-refractivity contribution in [3.05, 3.63) is 81.8 Å². The smallest absolute Gasteiger partial charge is 0.336 e. The molecule has 0 fully saturated rings. The highest BCUT2D eigenvalue weighted by Gasteiger charge is 2.35. The number of carbonyl (C=O) groups is 2. The third-order valence-electron chi connectivity index (χ3n) is 4.34. The van der Waals surface area contributed by atoms with Crippen LogP contribution in [0.4, 0.5) is 0 Å². The fourth-order valence-corrected chi connectivity index (χ4v) is 3.85. The molecule has 0 radical (unpaired) electrons. The molecule has 0 saturated heterocycles. The molecule has 146 valence electrons. The average Bonchev–Trinajstić information content (AvgIpc) is 3.23. The molecule has 1 aliphatic rings. The first-order chi connectivity index (χ1) is 13.6. The van der Waals surface area contributed by atoms with Crippen LogP contribution in [-0.4, -0.2) is 30.1 Å². The van der Waals surface area contributed by atoms with E-state index in [9.17, 15) is 9.59 Å². The lowest BCUT2D eigenvalue weighted by molar-refractivity contribution is -0.139. The van der Waals surface area contributed by atoms with Gasteiger partial charge in [-0.3, -0.25) is 0 Å². The Balaban J connectivity index is 2.03. The molecule has 2 aromatic rings. The number of carbonyl (C=O) groups excluding carboxylic acids is 2. The summed E-state index contributed by atoms with van der Waals surface area (Å²) in [5.74, 6) is -1.35. The summed E-state index contributed by atoms with van der Waals surface area (Å²) in [5.41, 5.74) is 2.81. The summed E-state index contributed by atoms with van der Waals surface area (Å²) < 4.78 is 10.6. The first-order valence-corrected chi connectivity index (χ1v) is 10.2. The van der Waals surface area contributed by atoms with E-state index in [4.69, 9.17) is 9.47 Å². The highest BCUT2D eigenvalue weighted by molar-refractivity contribution is 7.08. The molecule has 2 heterocycles. The van der Waals surface area contributed by atoms with Crippen molar-refractivity contribution in [2.24, 2.45) is 0 Å². The van der Waals surface area contributed by atoms with Crippen molar-refractivity contribution in [3.63, 3.8) is 0 Å². The van der Waals surface area contributed by atoms with Gasteiger partial charge in [-0.2, -0.15) is 11.3 Å². The zero-order valence-corrected chi connectivity index (χ0v) is 16.8. The molecule has 1 aromatic heterocycles. The zero-order valence-electron chi connectivity index (χ0n) is 16.0. The van der Waals surface area contributed by atoms with Crippen LogP contribution in [0.2, 0.25) is 0 Å². The molecule has 3 rings (SSSR count). The van der Waals surface area contributed by atoms with Gasteiger partial charge in [0.25, 0.3) is 0 Å². The van der Waals surface area contributed by atoms with E-state index in [0.29, 0.717) is 17.7 Å². The normalized spacial score (nSPS) is 14.3. The molecule has 1 aromatic carbocycles. The lowest BCUT2D eigenvalue weighted by atomic mass is 9.84. The predicted octanol–water partition coefficient (Wildman–Crippen LogP) is 4.24. The van der Waals surface area contributed by atoms with E-state index in [1.54, 1.807) is 26.2 Å². The van der Waals surface area contributed by atoms with Crippen molar-refractivity contribution >= 4 is 23.3 Å². The van der Waals surface area contributed by atoms with Gasteiger partial charge in [-0.15, -0.1) is 0 Å². The van der Waals surface area contributed by atoms with Crippen molar-refractivity contribution in [3.8, 4) is 0 Å². The van der Waals surface area contributed by atoms with Gasteiger partial charge in [0, 0.05) is 18.9 Å². The Morgan fingerprint density at radius 1 is 0.964 bits per heavy atom. The number of hydrogen-bond acceptors (Lipinski definition) is 6. The van der Waals surface area contributed by atoms with Gasteiger partial charge in [0.15, 0.2) is 0 Å². The van der Waals surface area contributed by atoms with Gasteiger partial charge in [-0.05, 0) is 41.8 Å². The fourth-order valence-electron chi connectivity index (χ4n) is 3.17. The predicted molar refractivity (Wildman–Crippen MR) is 108 cm³/mol. The summed E-state index contributed by atoms with van der Waals surface area (Å²) in [4.78, 5) is 27.3. The molecule has 0 atom stereocenters. The summed E-state index contributed by atoms with van der Waals surface area (Å²) in [6.45, 7) is 4.60. The molecule has 28 heavy (non-hydrogen) atoms. The van der Waals surface area contributed by atoms with E-state index < -0.39 is 17.9 Å². The van der Waals surface area contributed by atoms with Crippen LogP contribution in [0.5, 0.6) is 0 Å². The van der Waals surface area contributed by atoms with Crippen LogP contribution >= 0.6 is 11.3 Å². The number of benzene rings is 1. The van der Waals surface area contributed by atoms with Crippen LogP contribution in [0.3, 0.4) is 0 Å². The molecule has 0 spiro atoms. The zero-order chi connectivity index (χ0) is 19.9. The highest BCUT2D eigenvalue weighted by Crippen LogP contribution is 2.38. The number of esters is 2. The molecular formula is C22H23NO4S. The third-order valence-corrected chi connectivity index (χ3v) is 5.04.